The molecule has 1 atom stereocenters. The van der Waals surface area contributed by atoms with E-state index in [1.54, 1.807) is 0 Å². The first kappa shape index (κ1) is 35.9. The second-order valence-electron chi connectivity index (χ2n) is 16.7. The summed E-state index contributed by atoms with van der Waals surface area (Å²) in [5, 5.41) is 2.66. The molecule has 294 valence electrons. The fourth-order valence-corrected chi connectivity index (χ4v) is 12.1. The molecule has 0 N–H and O–H groups in total. The Labute approximate surface area is 371 Å². The topological polar surface area (TPSA) is 3.24 Å². The Morgan fingerprint density at radius 2 is 0.778 bits per heavy atom. The van der Waals surface area contributed by atoms with Gasteiger partial charge in [0.25, 0.3) is 0 Å². The first-order chi connectivity index (χ1) is 31.3. The van der Waals surface area contributed by atoms with Crippen LogP contribution < -0.4 is 4.90 Å². The lowest BCUT2D eigenvalue weighted by Crippen LogP contribution is -2.29. The highest BCUT2D eigenvalue weighted by Crippen LogP contribution is 2.63. The molecule has 0 aliphatic heterocycles. The third kappa shape index (κ3) is 5.35. The lowest BCUT2D eigenvalue weighted by atomic mass is 9.66. The molecule has 0 amide bonds. The summed E-state index contributed by atoms with van der Waals surface area (Å²) in [6.07, 6.45) is 0. The third-order valence-electron chi connectivity index (χ3n) is 13.5. The van der Waals surface area contributed by atoms with Crippen LogP contribution in [0.3, 0.4) is 0 Å². The Hall–Kier alpha value is -7.78. The maximum absolute atomic E-state index is 2.46. The second-order valence-corrected chi connectivity index (χ2v) is 17.8. The maximum Gasteiger partial charge on any atom is 0.0726 e. The van der Waals surface area contributed by atoms with Crippen LogP contribution in [0.5, 0.6) is 0 Å². The molecule has 1 aromatic heterocycles. The zero-order valence-corrected chi connectivity index (χ0v) is 35.2. The molecule has 1 heterocycles. The van der Waals surface area contributed by atoms with Gasteiger partial charge in [-0.15, -0.1) is 11.3 Å². The quantitative estimate of drug-likeness (QED) is 0.167. The lowest BCUT2D eigenvalue weighted by molar-refractivity contribution is 0.776. The summed E-state index contributed by atoms with van der Waals surface area (Å²) in [5.41, 5.74) is 20.6. The standard InChI is InChI=1S/C61H39NS/c1-3-15-40(16-4-1)41-27-29-42(30-28-41)43-31-33-45(34-32-43)62(44-17-5-2-6-18-44)46-35-37-56-53(39-46)48-20-8-7-19-47(48)49-21-9-12-24-54(49)61(56)55-25-13-10-23-52(55)59-57(61)38-36-51-50-22-11-14-26-58(50)63-60(51)59/h1-39H. The second kappa shape index (κ2) is 14.1. The number of hydrogen-bond donors (Lipinski definition) is 0. The van der Waals surface area contributed by atoms with Gasteiger partial charge in [0, 0.05) is 42.8 Å². The van der Waals surface area contributed by atoms with Crippen LogP contribution in [0.25, 0.3) is 75.8 Å². The summed E-state index contributed by atoms with van der Waals surface area (Å²) in [6, 6.07) is 87.8. The highest BCUT2D eigenvalue weighted by atomic mass is 32.1. The highest BCUT2D eigenvalue weighted by molar-refractivity contribution is 7.26. The van der Waals surface area contributed by atoms with E-state index in [9.17, 15) is 0 Å². The van der Waals surface area contributed by atoms with Crippen molar-refractivity contribution in [3.05, 3.63) is 259 Å². The summed E-state index contributed by atoms with van der Waals surface area (Å²) < 4.78 is 2.69. The van der Waals surface area contributed by atoms with Crippen LogP contribution in [-0.2, 0) is 5.41 Å². The zero-order chi connectivity index (χ0) is 41.5. The van der Waals surface area contributed by atoms with Crippen LogP contribution in [0, 0.1) is 0 Å². The predicted octanol–water partition coefficient (Wildman–Crippen LogP) is 16.9. The Bertz CT molecular complexity index is 3550. The minimum Gasteiger partial charge on any atom is -0.310 e. The summed E-state index contributed by atoms with van der Waals surface area (Å²) in [5.74, 6) is 0. The lowest BCUT2D eigenvalue weighted by Gasteiger charge is -2.36. The van der Waals surface area contributed by atoms with Crippen molar-refractivity contribution in [1.29, 1.82) is 0 Å². The Kier molecular flexibility index (Phi) is 8.06. The van der Waals surface area contributed by atoms with Gasteiger partial charge in [-0.05, 0) is 115 Å². The van der Waals surface area contributed by atoms with Crippen LogP contribution in [-0.4, -0.2) is 0 Å². The van der Waals surface area contributed by atoms with Gasteiger partial charge in [-0.1, -0.05) is 194 Å². The number of hydrogen-bond acceptors (Lipinski definition) is 2. The van der Waals surface area contributed by atoms with E-state index < -0.39 is 5.41 Å². The molecule has 0 saturated carbocycles. The molecule has 0 saturated heterocycles. The van der Waals surface area contributed by atoms with Crippen molar-refractivity contribution < 1.29 is 0 Å². The summed E-state index contributed by atoms with van der Waals surface area (Å²) >= 11 is 1.93. The molecular formula is C61H39NS. The number of rotatable bonds is 5. The molecule has 0 fully saturated rings. The normalized spacial score (nSPS) is 14.4. The van der Waals surface area contributed by atoms with Crippen LogP contribution in [0.1, 0.15) is 22.3 Å². The van der Waals surface area contributed by atoms with E-state index in [1.807, 2.05) is 11.3 Å². The predicted molar refractivity (Wildman–Crippen MR) is 267 cm³/mol. The van der Waals surface area contributed by atoms with E-state index in [0.717, 1.165) is 17.1 Å². The molecule has 0 radical (unpaired) electrons. The van der Waals surface area contributed by atoms with E-state index in [1.165, 1.54) is 98.1 Å². The van der Waals surface area contributed by atoms with Gasteiger partial charge in [-0.3, -0.25) is 0 Å². The van der Waals surface area contributed by atoms with E-state index in [2.05, 4.69) is 241 Å². The Balaban J connectivity index is 1.03. The minimum absolute atomic E-state index is 0.560. The van der Waals surface area contributed by atoms with Gasteiger partial charge in [-0.2, -0.15) is 0 Å². The number of anilines is 3. The number of benzene rings is 10. The van der Waals surface area contributed by atoms with Gasteiger partial charge >= 0.3 is 0 Å². The van der Waals surface area contributed by atoms with Crippen LogP contribution in [0.4, 0.5) is 17.1 Å². The number of thiophene rings is 1. The molecule has 2 heteroatoms. The van der Waals surface area contributed by atoms with Crippen molar-refractivity contribution in [2.45, 2.75) is 5.41 Å². The molecule has 1 nitrogen and oxygen atoms in total. The molecule has 2 aliphatic carbocycles. The van der Waals surface area contributed by atoms with Gasteiger partial charge in [0.2, 0.25) is 0 Å². The van der Waals surface area contributed by atoms with Gasteiger partial charge in [0.15, 0.2) is 0 Å². The Morgan fingerprint density at radius 3 is 1.49 bits per heavy atom. The first-order valence-electron chi connectivity index (χ1n) is 21.8. The molecular weight excluding hydrogens is 779 g/mol. The smallest absolute Gasteiger partial charge is 0.0726 e. The highest BCUT2D eigenvalue weighted by Gasteiger charge is 2.50. The van der Waals surface area contributed by atoms with Crippen molar-refractivity contribution >= 4 is 48.6 Å². The first-order valence-corrected chi connectivity index (χ1v) is 22.6. The fourth-order valence-electron chi connectivity index (χ4n) is 10.8. The number of para-hydroxylation sites is 1. The summed E-state index contributed by atoms with van der Waals surface area (Å²) in [7, 11) is 0. The zero-order valence-electron chi connectivity index (χ0n) is 34.4. The fraction of sp³-hybridized carbons (Fsp3) is 0.0164. The average molecular weight is 818 g/mol. The van der Waals surface area contributed by atoms with E-state index >= 15 is 0 Å². The molecule has 0 bridgehead atoms. The van der Waals surface area contributed by atoms with E-state index in [0.29, 0.717) is 0 Å². The van der Waals surface area contributed by atoms with Crippen LogP contribution in [0.2, 0.25) is 0 Å². The molecule has 13 rings (SSSR count). The van der Waals surface area contributed by atoms with Crippen molar-refractivity contribution in [3.63, 3.8) is 0 Å². The molecule has 1 spiro atoms. The third-order valence-corrected chi connectivity index (χ3v) is 14.7. The van der Waals surface area contributed by atoms with Gasteiger partial charge < -0.3 is 4.90 Å². The van der Waals surface area contributed by atoms with Crippen molar-refractivity contribution in [2.75, 3.05) is 4.90 Å². The maximum atomic E-state index is 2.46. The Morgan fingerprint density at radius 1 is 0.302 bits per heavy atom. The number of nitrogens with zero attached hydrogens (tertiary/aromatic N) is 1. The van der Waals surface area contributed by atoms with Gasteiger partial charge in [0.1, 0.15) is 0 Å². The molecule has 1 unspecified atom stereocenters. The minimum atomic E-state index is -0.560. The average Bonchev–Trinajstić information content (AvgIpc) is 3.86. The molecule has 10 aromatic carbocycles. The monoisotopic (exact) mass is 817 g/mol. The van der Waals surface area contributed by atoms with Crippen LogP contribution >= 0.6 is 11.3 Å². The van der Waals surface area contributed by atoms with Crippen molar-refractivity contribution in [1.82, 2.24) is 0 Å². The van der Waals surface area contributed by atoms with Crippen LogP contribution in [0.15, 0.2) is 237 Å². The summed E-state index contributed by atoms with van der Waals surface area (Å²) in [6.45, 7) is 0. The van der Waals surface area contributed by atoms with E-state index in [4.69, 9.17) is 0 Å². The van der Waals surface area contributed by atoms with Gasteiger partial charge in [-0.25, -0.2) is 0 Å². The molecule has 2 aliphatic rings. The van der Waals surface area contributed by atoms with Crippen molar-refractivity contribution in [2.24, 2.45) is 0 Å². The molecule has 11 aromatic rings. The van der Waals surface area contributed by atoms with E-state index in [-0.39, 0.29) is 0 Å². The summed E-state index contributed by atoms with van der Waals surface area (Å²) in [4.78, 5) is 2.41. The number of fused-ring (bicyclic) bond motifs is 16. The van der Waals surface area contributed by atoms with Crippen molar-refractivity contribution in [3.8, 4) is 55.6 Å². The SMILES string of the molecule is c1ccc(-c2ccc(-c3ccc(N(c4ccccc4)c4ccc5c(c4)-c4ccccc4-c4ccccc4C54c5ccccc5-c5c4ccc4c5sc5ccccc54)cc3)cc2)cc1. The largest absolute Gasteiger partial charge is 0.310 e. The van der Waals surface area contributed by atoms with Gasteiger partial charge in [0.05, 0.1) is 5.41 Å². The molecule has 63 heavy (non-hydrogen) atoms.